The summed E-state index contributed by atoms with van der Waals surface area (Å²) in [6.45, 7) is 0. The van der Waals surface area contributed by atoms with E-state index in [2.05, 4.69) is 15.3 Å². The summed E-state index contributed by atoms with van der Waals surface area (Å²) in [5.41, 5.74) is 1.68. The Bertz CT molecular complexity index is 595. The number of para-hydroxylation sites is 2. The number of benzene rings is 1. The summed E-state index contributed by atoms with van der Waals surface area (Å²) in [5.74, 6) is 1.21. The molecule has 2 N–H and O–H groups in total. The van der Waals surface area contributed by atoms with Gasteiger partial charge in [0.15, 0.2) is 5.82 Å². The Morgan fingerprint density at radius 1 is 1.10 bits per heavy atom. The van der Waals surface area contributed by atoms with Gasteiger partial charge in [-0.1, -0.05) is 12.1 Å². The van der Waals surface area contributed by atoms with Crippen molar-refractivity contribution < 1.29 is 9.84 Å². The van der Waals surface area contributed by atoms with Gasteiger partial charge in [-0.2, -0.15) is 0 Å². The maximum Gasteiger partial charge on any atom is 0.257 e. The van der Waals surface area contributed by atoms with Crippen molar-refractivity contribution in [3.8, 4) is 5.88 Å². The Morgan fingerprint density at radius 3 is 2.40 bits per heavy atom. The first-order chi connectivity index (χ1) is 9.76. The largest absolute Gasteiger partial charge is 0.478 e. The van der Waals surface area contributed by atoms with E-state index in [1.54, 1.807) is 7.11 Å². The second-order valence-corrected chi connectivity index (χ2v) is 5.22. The highest BCUT2D eigenvalue weighted by molar-refractivity contribution is 5.77. The second-order valence-electron chi connectivity index (χ2n) is 5.22. The Kier molecular flexibility index (Phi) is 3.69. The van der Waals surface area contributed by atoms with E-state index < -0.39 is 0 Å². The van der Waals surface area contributed by atoms with E-state index in [1.807, 2.05) is 24.3 Å². The number of nitrogens with one attached hydrogen (secondary N) is 1. The van der Waals surface area contributed by atoms with Crippen LogP contribution in [0.5, 0.6) is 5.88 Å². The molecule has 1 heterocycles. The predicted molar refractivity (Wildman–Crippen MR) is 78.0 cm³/mol. The van der Waals surface area contributed by atoms with Crippen LogP contribution in [0.25, 0.3) is 11.0 Å². The summed E-state index contributed by atoms with van der Waals surface area (Å²) < 4.78 is 5.33. The number of hydrogen-bond donors (Lipinski definition) is 2. The highest BCUT2D eigenvalue weighted by atomic mass is 16.5. The number of fused-ring (bicyclic) bond motifs is 1. The quantitative estimate of drug-likeness (QED) is 0.898. The molecule has 0 atom stereocenters. The summed E-state index contributed by atoms with van der Waals surface area (Å²) in [6, 6.07) is 8.07. The average molecular weight is 273 g/mol. The smallest absolute Gasteiger partial charge is 0.257 e. The van der Waals surface area contributed by atoms with Crippen LogP contribution in [0.3, 0.4) is 0 Å². The van der Waals surface area contributed by atoms with E-state index >= 15 is 0 Å². The van der Waals surface area contributed by atoms with Gasteiger partial charge in [-0.3, -0.25) is 0 Å². The zero-order valence-electron chi connectivity index (χ0n) is 11.5. The van der Waals surface area contributed by atoms with Crippen LogP contribution in [-0.2, 0) is 0 Å². The number of aliphatic hydroxyl groups is 1. The van der Waals surface area contributed by atoms with Crippen molar-refractivity contribution in [1.29, 1.82) is 0 Å². The lowest BCUT2D eigenvalue weighted by molar-refractivity contribution is 0.126. The zero-order valence-corrected chi connectivity index (χ0v) is 11.5. The van der Waals surface area contributed by atoms with E-state index in [4.69, 9.17) is 4.74 Å². The first-order valence-electron chi connectivity index (χ1n) is 7.01. The topological polar surface area (TPSA) is 67.3 Å². The highest BCUT2D eigenvalue weighted by Crippen LogP contribution is 2.27. The SMILES string of the molecule is COc1nc2ccccc2nc1NC1CCC(O)CC1. The van der Waals surface area contributed by atoms with Crippen LogP contribution >= 0.6 is 0 Å². The van der Waals surface area contributed by atoms with E-state index in [9.17, 15) is 5.11 Å². The van der Waals surface area contributed by atoms with Gasteiger partial charge in [0, 0.05) is 6.04 Å². The lowest BCUT2D eigenvalue weighted by atomic mass is 9.93. The summed E-state index contributed by atoms with van der Waals surface area (Å²) in [7, 11) is 1.61. The molecule has 0 radical (unpaired) electrons. The summed E-state index contributed by atoms with van der Waals surface area (Å²) in [4.78, 5) is 9.08. The van der Waals surface area contributed by atoms with Crippen LogP contribution in [0.4, 0.5) is 5.82 Å². The molecule has 1 aromatic heterocycles. The van der Waals surface area contributed by atoms with Crippen LogP contribution in [0.1, 0.15) is 25.7 Å². The highest BCUT2D eigenvalue weighted by Gasteiger charge is 2.21. The fourth-order valence-electron chi connectivity index (χ4n) is 2.63. The van der Waals surface area contributed by atoms with Crippen LogP contribution in [-0.4, -0.2) is 34.3 Å². The fraction of sp³-hybridized carbons (Fsp3) is 0.467. The molecule has 0 aliphatic heterocycles. The standard InChI is InChI=1S/C15H19N3O2/c1-20-15-14(16-10-6-8-11(19)9-7-10)17-12-4-2-3-5-13(12)18-15/h2-5,10-11,19H,6-9H2,1H3,(H,16,17). The van der Waals surface area contributed by atoms with Crippen molar-refractivity contribution in [2.75, 3.05) is 12.4 Å². The Balaban J connectivity index is 1.86. The van der Waals surface area contributed by atoms with E-state index in [0.29, 0.717) is 17.7 Å². The molecule has 0 saturated heterocycles. The third-order valence-electron chi connectivity index (χ3n) is 3.77. The zero-order chi connectivity index (χ0) is 13.9. The minimum atomic E-state index is -0.155. The van der Waals surface area contributed by atoms with Gasteiger partial charge in [-0.05, 0) is 37.8 Å². The van der Waals surface area contributed by atoms with Crippen LogP contribution in [0, 0.1) is 0 Å². The van der Waals surface area contributed by atoms with Gasteiger partial charge in [0.1, 0.15) is 0 Å². The molecule has 1 fully saturated rings. The lowest BCUT2D eigenvalue weighted by Crippen LogP contribution is -2.28. The van der Waals surface area contributed by atoms with Crippen molar-refractivity contribution in [1.82, 2.24) is 9.97 Å². The van der Waals surface area contributed by atoms with Crippen molar-refractivity contribution in [2.24, 2.45) is 0 Å². The molecule has 106 valence electrons. The lowest BCUT2D eigenvalue weighted by Gasteiger charge is -2.26. The number of rotatable bonds is 3. The normalized spacial score (nSPS) is 22.7. The van der Waals surface area contributed by atoms with E-state index in [0.717, 1.165) is 36.7 Å². The van der Waals surface area contributed by atoms with Gasteiger partial charge in [0.25, 0.3) is 5.88 Å². The number of ether oxygens (including phenoxy) is 1. The Labute approximate surface area is 118 Å². The van der Waals surface area contributed by atoms with Crippen molar-refractivity contribution in [2.45, 2.75) is 37.8 Å². The number of aliphatic hydroxyl groups excluding tert-OH is 1. The third-order valence-corrected chi connectivity index (χ3v) is 3.77. The van der Waals surface area contributed by atoms with Gasteiger partial charge in [-0.15, -0.1) is 0 Å². The van der Waals surface area contributed by atoms with Gasteiger partial charge in [0.05, 0.1) is 24.2 Å². The van der Waals surface area contributed by atoms with E-state index in [1.165, 1.54) is 0 Å². The van der Waals surface area contributed by atoms with Gasteiger partial charge < -0.3 is 15.2 Å². The predicted octanol–water partition coefficient (Wildman–Crippen LogP) is 2.35. The van der Waals surface area contributed by atoms with Gasteiger partial charge >= 0.3 is 0 Å². The van der Waals surface area contributed by atoms with Crippen LogP contribution in [0.2, 0.25) is 0 Å². The van der Waals surface area contributed by atoms with Crippen molar-refractivity contribution >= 4 is 16.9 Å². The molecule has 1 aliphatic rings. The second kappa shape index (κ2) is 5.63. The summed E-state index contributed by atoms with van der Waals surface area (Å²) in [5, 5.41) is 13.0. The van der Waals surface area contributed by atoms with E-state index in [-0.39, 0.29) is 6.10 Å². The molecule has 1 aromatic carbocycles. The molecule has 0 unspecified atom stereocenters. The average Bonchev–Trinajstić information content (AvgIpc) is 2.49. The number of anilines is 1. The first kappa shape index (κ1) is 13.1. The molecule has 0 bridgehead atoms. The summed E-state index contributed by atoms with van der Waals surface area (Å²) in [6.07, 6.45) is 3.40. The molecule has 3 rings (SSSR count). The molecule has 1 aliphatic carbocycles. The molecule has 5 nitrogen and oxygen atoms in total. The number of hydrogen-bond acceptors (Lipinski definition) is 5. The molecule has 20 heavy (non-hydrogen) atoms. The van der Waals surface area contributed by atoms with Crippen LogP contribution < -0.4 is 10.1 Å². The summed E-state index contributed by atoms with van der Waals surface area (Å²) >= 11 is 0. The van der Waals surface area contributed by atoms with Crippen molar-refractivity contribution in [3.05, 3.63) is 24.3 Å². The minimum Gasteiger partial charge on any atom is -0.478 e. The van der Waals surface area contributed by atoms with Gasteiger partial charge in [0.2, 0.25) is 0 Å². The monoisotopic (exact) mass is 273 g/mol. The number of methoxy groups -OCH3 is 1. The molecule has 5 heteroatoms. The Morgan fingerprint density at radius 2 is 1.75 bits per heavy atom. The molecule has 1 saturated carbocycles. The first-order valence-corrected chi connectivity index (χ1v) is 7.01. The Hall–Kier alpha value is -1.88. The van der Waals surface area contributed by atoms with Crippen molar-refractivity contribution in [3.63, 3.8) is 0 Å². The fourth-order valence-corrected chi connectivity index (χ4v) is 2.63. The molecule has 0 spiro atoms. The molecule has 0 amide bonds. The third kappa shape index (κ3) is 2.67. The maximum absolute atomic E-state index is 9.55. The maximum atomic E-state index is 9.55. The number of nitrogens with zero attached hydrogens (tertiary/aromatic N) is 2. The molecular weight excluding hydrogens is 254 g/mol. The number of aromatic nitrogens is 2. The minimum absolute atomic E-state index is 0.155. The molecule has 2 aromatic rings. The molecular formula is C15H19N3O2. The van der Waals surface area contributed by atoms with Crippen LogP contribution in [0.15, 0.2) is 24.3 Å². The van der Waals surface area contributed by atoms with Gasteiger partial charge in [-0.25, -0.2) is 9.97 Å².